The first kappa shape index (κ1) is 6.91. The van der Waals surface area contributed by atoms with Gasteiger partial charge in [-0.2, -0.15) is 0 Å². The Kier molecular flexibility index (Phi) is 2.13. The molecule has 0 aromatic heterocycles. The van der Waals surface area contributed by atoms with Crippen molar-refractivity contribution in [1.29, 1.82) is 0 Å². The highest BCUT2D eigenvalue weighted by molar-refractivity contribution is 8.00. The molecule has 1 radical (unpaired) electrons. The summed E-state index contributed by atoms with van der Waals surface area (Å²) < 4.78 is 0. The maximum Gasteiger partial charge on any atom is 0.0870 e. The van der Waals surface area contributed by atoms with E-state index in [4.69, 9.17) is 0 Å². The summed E-state index contributed by atoms with van der Waals surface area (Å²) in [4.78, 5) is 0. The third-order valence-electron chi connectivity index (χ3n) is 1.85. The maximum absolute atomic E-state index is 3.44. The van der Waals surface area contributed by atoms with Gasteiger partial charge in [0.15, 0.2) is 0 Å². The lowest BCUT2D eigenvalue weighted by atomic mass is 10.3. The van der Waals surface area contributed by atoms with E-state index in [1.165, 1.54) is 5.75 Å². The third-order valence-corrected chi connectivity index (χ3v) is 3.14. The average Bonchev–Trinajstić information content (AvgIpc) is 2.59. The molecule has 2 atom stereocenters. The fourth-order valence-electron chi connectivity index (χ4n) is 1.31. The number of rotatable bonds is 1. The highest BCUT2D eigenvalue weighted by Crippen LogP contribution is 2.18. The van der Waals surface area contributed by atoms with Gasteiger partial charge in [-0.05, 0) is 0 Å². The Bertz CT molecular complexity index is 93.6. The summed E-state index contributed by atoms with van der Waals surface area (Å²) in [5.41, 5.74) is 0. The largest absolute Gasteiger partial charge is 0.303 e. The van der Waals surface area contributed by atoms with Crippen LogP contribution in [0.15, 0.2) is 0 Å². The normalized spacial score (nSPS) is 40.8. The van der Waals surface area contributed by atoms with E-state index < -0.39 is 0 Å². The van der Waals surface area contributed by atoms with Gasteiger partial charge in [0.1, 0.15) is 0 Å². The number of nitrogens with one attached hydrogen (secondary N) is 3. The van der Waals surface area contributed by atoms with Crippen molar-refractivity contribution in [2.24, 2.45) is 0 Å². The van der Waals surface area contributed by atoms with Crippen molar-refractivity contribution in [2.75, 3.05) is 18.8 Å². The Morgan fingerprint density at radius 2 is 2.50 bits per heavy atom. The number of thioether (sulfide) groups is 1. The lowest BCUT2D eigenvalue weighted by molar-refractivity contribution is 0.555. The molecule has 0 aromatic rings. The van der Waals surface area contributed by atoms with Crippen molar-refractivity contribution >= 4 is 11.8 Å². The molecule has 4 heteroatoms. The Balaban J connectivity index is 1.85. The molecule has 2 rings (SSSR count). The number of hydrogen-bond acceptors (Lipinski definition) is 4. The van der Waals surface area contributed by atoms with Gasteiger partial charge in [-0.15, -0.1) is 11.8 Å². The smallest absolute Gasteiger partial charge is 0.0870 e. The highest BCUT2D eigenvalue weighted by atomic mass is 32.2. The topological polar surface area (TPSA) is 36.1 Å². The summed E-state index contributed by atoms with van der Waals surface area (Å²) in [5, 5.41) is 10.5. The lowest BCUT2D eigenvalue weighted by Gasteiger charge is -2.16. The van der Waals surface area contributed by atoms with E-state index in [1.54, 1.807) is 0 Å². The van der Waals surface area contributed by atoms with Crippen molar-refractivity contribution in [2.45, 2.75) is 11.4 Å². The van der Waals surface area contributed by atoms with E-state index in [0.29, 0.717) is 11.4 Å². The molecule has 0 saturated carbocycles. The molecular weight excluding hydrogens is 146 g/mol. The first-order valence-electron chi connectivity index (χ1n) is 3.63. The van der Waals surface area contributed by atoms with Crippen LogP contribution in [-0.4, -0.2) is 30.3 Å². The average molecular weight is 158 g/mol. The van der Waals surface area contributed by atoms with E-state index >= 15 is 0 Å². The second kappa shape index (κ2) is 3.09. The van der Waals surface area contributed by atoms with Crippen molar-refractivity contribution in [1.82, 2.24) is 16.0 Å². The van der Waals surface area contributed by atoms with Crippen LogP contribution in [0.5, 0.6) is 0 Å². The molecule has 0 amide bonds. The minimum Gasteiger partial charge on any atom is -0.303 e. The van der Waals surface area contributed by atoms with Gasteiger partial charge in [-0.25, -0.2) is 0 Å². The molecule has 0 spiro atoms. The second-order valence-corrected chi connectivity index (χ2v) is 3.82. The highest BCUT2D eigenvalue weighted by Gasteiger charge is 2.26. The molecule has 2 heterocycles. The molecule has 0 aliphatic carbocycles. The Hall–Kier alpha value is 0.230. The first-order valence-corrected chi connectivity index (χ1v) is 4.68. The minimum absolute atomic E-state index is 0.590. The predicted molar refractivity (Wildman–Crippen MR) is 43.5 cm³/mol. The number of hydrogen-bond donors (Lipinski definition) is 3. The summed E-state index contributed by atoms with van der Waals surface area (Å²) in [6, 6.07) is 0.590. The van der Waals surface area contributed by atoms with Gasteiger partial charge in [0, 0.05) is 24.9 Å². The summed E-state index contributed by atoms with van der Waals surface area (Å²) in [5.74, 6) is 1.25. The summed E-state index contributed by atoms with van der Waals surface area (Å²) in [6.45, 7) is 4.16. The van der Waals surface area contributed by atoms with Crippen LogP contribution >= 0.6 is 11.8 Å². The predicted octanol–water partition coefficient (Wildman–Crippen LogP) is -0.670. The van der Waals surface area contributed by atoms with Crippen LogP contribution in [0.2, 0.25) is 0 Å². The zero-order valence-corrected chi connectivity index (χ0v) is 6.58. The van der Waals surface area contributed by atoms with Gasteiger partial charge < -0.3 is 5.32 Å². The molecule has 2 aliphatic rings. The standard InChI is InChI=1S/C6H12N3S/c1-2-10-6(8-1)5-3-7-4-9-5/h4-9H,1-3H2. The van der Waals surface area contributed by atoms with E-state index in [0.717, 1.165) is 13.1 Å². The third kappa shape index (κ3) is 1.29. The lowest BCUT2D eigenvalue weighted by Crippen LogP contribution is -2.40. The molecule has 3 nitrogen and oxygen atoms in total. The van der Waals surface area contributed by atoms with Crippen LogP contribution in [-0.2, 0) is 0 Å². The molecule has 0 aromatic carbocycles. The van der Waals surface area contributed by atoms with Gasteiger partial charge in [0.2, 0.25) is 0 Å². The molecule has 3 N–H and O–H groups in total. The minimum atomic E-state index is 0.590. The van der Waals surface area contributed by atoms with Gasteiger partial charge in [0.05, 0.1) is 12.0 Å². The molecule has 2 saturated heterocycles. The van der Waals surface area contributed by atoms with E-state index in [1.807, 2.05) is 18.4 Å². The molecule has 10 heavy (non-hydrogen) atoms. The molecule has 57 valence electrons. The van der Waals surface area contributed by atoms with Crippen molar-refractivity contribution in [3.05, 3.63) is 6.67 Å². The van der Waals surface area contributed by atoms with Gasteiger partial charge in [0.25, 0.3) is 0 Å². The second-order valence-electron chi connectivity index (χ2n) is 2.57. The Morgan fingerprint density at radius 1 is 1.50 bits per heavy atom. The summed E-state index contributed by atoms with van der Waals surface area (Å²) in [7, 11) is 0. The van der Waals surface area contributed by atoms with Crippen LogP contribution in [0.1, 0.15) is 0 Å². The van der Waals surface area contributed by atoms with Crippen molar-refractivity contribution < 1.29 is 0 Å². The molecule has 2 unspecified atom stereocenters. The molecule has 0 bridgehead atoms. The SMILES string of the molecule is [CH]1NCC(C2NCCS2)N1. The molecular formula is C6H12N3S. The quantitative estimate of drug-likeness (QED) is 0.473. The monoisotopic (exact) mass is 158 g/mol. The fourth-order valence-corrected chi connectivity index (χ4v) is 2.44. The van der Waals surface area contributed by atoms with Crippen LogP contribution in [0.3, 0.4) is 0 Å². The zero-order valence-electron chi connectivity index (χ0n) is 5.76. The zero-order chi connectivity index (χ0) is 6.81. The molecule has 2 fully saturated rings. The Labute approximate surface area is 65.3 Å². The van der Waals surface area contributed by atoms with E-state index in [9.17, 15) is 0 Å². The Morgan fingerprint density at radius 3 is 3.10 bits per heavy atom. The first-order chi connectivity index (χ1) is 4.97. The molecule has 2 aliphatic heterocycles. The van der Waals surface area contributed by atoms with E-state index in [-0.39, 0.29) is 0 Å². The summed E-state index contributed by atoms with van der Waals surface area (Å²) >= 11 is 2.01. The van der Waals surface area contributed by atoms with Gasteiger partial charge in [-0.3, -0.25) is 10.6 Å². The van der Waals surface area contributed by atoms with Crippen LogP contribution in [0.25, 0.3) is 0 Å². The fraction of sp³-hybridized carbons (Fsp3) is 0.833. The van der Waals surface area contributed by atoms with Crippen LogP contribution in [0, 0.1) is 6.67 Å². The maximum atomic E-state index is 3.44. The van der Waals surface area contributed by atoms with Crippen LogP contribution in [0.4, 0.5) is 0 Å². The summed E-state index contributed by atoms with van der Waals surface area (Å²) in [6.07, 6.45) is 0. The van der Waals surface area contributed by atoms with Gasteiger partial charge in [-0.1, -0.05) is 0 Å². The van der Waals surface area contributed by atoms with Crippen molar-refractivity contribution in [3.8, 4) is 0 Å². The van der Waals surface area contributed by atoms with Gasteiger partial charge >= 0.3 is 0 Å². The van der Waals surface area contributed by atoms with Crippen LogP contribution < -0.4 is 16.0 Å². The van der Waals surface area contributed by atoms with Crippen molar-refractivity contribution in [3.63, 3.8) is 0 Å². The van der Waals surface area contributed by atoms with E-state index in [2.05, 4.69) is 16.0 Å².